The first-order valence-electron chi connectivity index (χ1n) is 8.06. The smallest absolute Gasteiger partial charge is 0.355 e. The van der Waals surface area contributed by atoms with Gasteiger partial charge in [0, 0.05) is 15.1 Å². The van der Waals surface area contributed by atoms with E-state index in [4.69, 9.17) is 14.2 Å². The first kappa shape index (κ1) is 21.9. The van der Waals surface area contributed by atoms with Crippen LogP contribution in [-0.2, 0) is 23.8 Å². The summed E-state index contributed by atoms with van der Waals surface area (Å²) in [5.74, 6) is -2.09. The van der Waals surface area contributed by atoms with Gasteiger partial charge in [-0.05, 0) is 47.1 Å². The quantitative estimate of drug-likeness (QED) is 0.435. The molecule has 0 spiro atoms. The summed E-state index contributed by atoms with van der Waals surface area (Å²) >= 11 is 6.77. The fourth-order valence-electron chi connectivity index (χ4n) is 2.51. The van der Waals surface area contributed by atoms with Gasteiger partial charge in [0.15, 0.2) is 0 Å². The van der Waals surface area contributed by atoms with Gasteiger partial charge >= 0.3 is 17.9 Å². The van der Waals surface area contributed by atoms with Gasteiger partial charge in [0.25, 0.3) is 0 Å². The summed E-state index contributed by atoms with van der Waals surface area (Å²) < 4.78 is 15.9. The molecule has 148 valence electrons. The maximum Gasteiger partial charge on any atom is 0.355 e. The molecule has 2 rings (SSSR count). The molecule has 0 unspecified atom stereocenters. The van der Waals surface area contributed by atoms with E-state index in [1.807, 2.05) is 0 Å². The van der Waals surface area contributed by atoms with Crippen molar-refractivity contribution in [1.29, 1.82) is 0 Å². The number of allylic oxidation sites excluding steroid dienone is 2. The molecule has 0 atom stereocenters. The second-order valence-electron chi connectivity index (χ2n) is 5.32. The van der Waals surface area contributed by atoms with E-state index >= 15 is 0 Å². The van der Waals surface area contributed by atoms with Crippen molar-refractivity contribution in [2.75, 3.05) is 25.7 Å². The van der Waals surface area contributed by atoms with Crippen LogP contribution in [0.2, 0.25) is 0 Å². The molecule has 28 heavy (non-hydrogen) atoms. The van der Waals surface area contributed by atoms with Crippen molar-refractivity contribution < 1.29 is 28.6 Å². The number of anilines is 1. The van der Waals surface area contributed by atoms with Crippen molar-refractivity contribution in [1.82, 2.24) is 0 Å². The van der Waals surface area contributed by atoms with Gasteiger partial charge in [-0.3, -0.25) is 0 Å². The summed E-state index contributed by atoms with van der Waals surface area (Å²) in [6.45, 7) is 1.86. The van der Waals surface area contributed by atoms with E-state index in [2.05, 4.69) is 31.9 Å². The molecule has 0 aromatic heterocycles. The molecule has 0 bridgehead atoms. The predicted octanol–water partition coefficient (Wildman–Crippen LogP) is 3.88. The van der Waals surface area contributed by atoms with Gasteiger partial charge in [-0.2, -0.15) is 0 Å². The summed E-state index contributed by atoms with van der Waals surface area (Å²) in [6, 6.07) is 3.27. The second-order valence-corrected chi connectivity index (χ2v) is 7.09. The molecule has 0 saturated heterocycles. The first-order valence-corrected chi connectivity index (χ1v) is 9.65. The number of nitrogens with zero attached hydrogens (tertiary/aromatic N) is 1. The number of hydrogen-bond donors (Lipinski definition) is 0. The Kier molecular flexibility index (Phi) is 7.59. The summed E-state index contributed by atoms with van der Waals surface area (Å²) in [5.41, 5.74) is 0.362. The minimum Gasteiger partial charge on any atom is -0.465 e. The van der Waals surface area contributed by atoms with Crippen molar-refractivity contribution >= 4 is 55.5 Å². The standard InChI is InChI=1S/C19H17Br2NO6/c1-4-28-18(24)13-9-11(20)10-14(21)15(13)22-8-6-5-7-12(17(23)26-2)16(22)19(25)27-3/h5-10H,4H2,1-3H3. The third-order valence-electron chi connectivity index (χ3n) is 3.65. The lowest BCUT2D eigenvalue weighted by Gasteiger charge is -2.26. The number of rotatable bonds is 5. The molecule has 1 aliphatic heterocycles. The zero-order chi connectivity index (χ0) is 20.8. The third kappa shape index (κ3) is 4.53. The molecule has 9 heteroatoms. The van der Waals surface area contributed by atoms with Crippen LogP contribution in [0.4, 0.5) is 5.69 Å². The van der Waals surface area contributed by atoms with E-state index < -0.39 is 17.9 Å². The van der Waals surface area contributed by atoms with Crippen LogP contribution in [0.1, 0.15) is 17.3 Å². The van der Waals surface area contributed by atoms with Crippen LogP contribution < -0.4 is 4.90 Å². The van der Waals surface area contributed by atoms with Crippen LogP contribution in [0, 0.1) is 0 Å². The van der Waals surface area contributed by atoms with E-state index in [1.165, 1.54) is 31.4 Å². The number of benzene rings is 1. The Morgan fingerprint density at radius 1 is 1.00 bits per heavy atom. The molecular weight excluding hydrogens is 498 g/mol. The maximum atomic E-state index is 12.6. The summed E-state index contributed by atoms with van der Waals surface area (Å²) in [7, 11) is 2.41. The van der Waals surface area contributed by atoms with Gasteiger partial charge in [-0.25, -0.2) is 14.4 Å². The maximum absolute atomic E-state index is 12.6. The van der Waals surface area contributed by atoms with Gasteiger partial charge in [0.2, 0.25) is 0 Å². The van der Waals surface area contributed by atoms with Crippen LogP contribution in [-0.4, -0.2) is 38.7 Å². The van der Waals surface area contributed by atoms with E-state index in [0.29, 0.717) is 14.6 Å². The summed E-state index contributed by atoms with van der Waals surface area (Å²) in [4.78, 5) is 38.8. The Morgan fingerprint density at radius 3 is 2.29 bits per heavy atom. The number of esters is 3. The zero-order valence-electron chi connectivity index (χ0n) is 15.3. The lowest BCUT2D eigenvalue weighted by atomic mass is 10.1. The van der Waals surface area contributed by atoms with Crippen molar-refractivity contribution in [3.05, 3.63) is 62.3 Å². The molecule has 1 aromatic rings. The first-order chi connectivity index (χ1) is 13.3. The molecule has 0 saturated carbocycles. The number of carbonyl (C=O) groups is 3. The van der Waals surface area contributed by atoms with Gasteiger partial charge in [0.05, 0.1) is 37.7 Å². The van der Waals surface area contributed by atoms with E-state index in [1.54, 1.807) is 31.2 Å². The Balaban J connectivity index is 2.82. The predicted molar refractivity (Wildman–Crippen MR) is 110 cm³/mol. The lowest BCUT2D eigenvalue weighted by molar-refractivity contribution is -0.139. The van der Waals surface area contributed by atoms with Crippen LogP contribution >= 0.6 is 31.9 Å². The molecule has 7 nitrogen and oxygen atoms in total. The highest BCUT2D eigenvalue weighted by Gasteiger charge is 2.31. The average Bonchev–Trinajstić information content (AvgIpc) is 2.89. The average molecular weight is 515 g/mol. The molecule has 0 aliphatic carbocycles. The number of carbonyl (C=O) groups excluding carboxylic acids is 3. The number of hydrogen-bond acceptors (Lipinski definition) is 7. The SMILES string of the molecule is CCOC(=O)c1cc(Br)cc(Br)c1N1C=CC=CC(C(=O)OC)=C1C(=O)OC. The Hall–Kier alpha value is -2.39. The summed E-state index contributed by atoms with van der Waals surface area (Å²) in [5, 5.41) is 0. The molecule has 1 aromatic carbocycles. The van der Waals surface area contributed by atoms with Gasteiger partial charge < -0.3 is 19.1 Å². The van der Waals surface area contributed by atoms with Gasteiger partial charge in [-0.15, -0.1) is 0 Å². The van der Waals surface area contributed by atoms with Crippen molar-refractivity contribution in [3.8, 4) is 0 Å². The van der Waals surface area contributed by atoms with Crippen molar-refractivity contribution in [2.45, 2.75) is 6.92 Å². The van der Waals surface area contributed by atoms with Gasteiger partial charge in [0.1, 0.15) is 5.70 Å². The topological polar surface area (TPSA) is 82.1 Å². The highest BCUT2D eigenvalue weighted by molar-refractivity contribution is 9.11. The van der Waals surface area contributed by atoms with Gasteiger partial charge in [-0.1, -0.05) is 22.0 Å². The van der Waals surface area contributed by atoms with Crippen molar-refractivity contribution in [3.63, 3.8) is 0 Å². The Morgan fingerprint density at radius 2 is 1.68 bits per heavy atom. The molecule has 0 fully saturated rings. The molecule has 0 radical (unpaired) electrons. The highest BCUT2D eigenvalue weighted by atomic mass is 79.9. The highest BCUT2D eigenvalue weighted by Crippen LogP contribution is 2.38. The molecule has 0 amide bonds. The lowest BCUT2D eigenvalue weighted by Crippen LogP contribution is -2.28. The number of methoxy groups -OCH3 is 2. The van der Waals surface area contributed by atoms with E-state index in [9.17, 15) is 14.4 Å². The van der Waals surface area contributed by atoms with Crippen LogP contribution in [0.5, 0.6) is 0 Å². The number of halogens is 2. The molecule has 1 heterocycles. The second kappa shape index (κ2) is 9.70. The van der Waals surface area contributed by atoms with Crippen LogP contribution in [0.3, 0.4) is 0 Å². The minimum atomic E-state index is -0.777. The normalized spacial score (nSPS) is 13.2. The van der Waals surface area contributed by atoms with Crippen molar-refractivity contribution in [2.24, 2.45) is 0 Å². The molecule has 0 N–H and O–H groups in total. The zero-order valence-corrected chi connectivity index (χ0v) is 18.5. The fourth-order valence-corrected chi connectivity index (χ4v) is 3.93. The minimum absolute atomic E-state index is 0.0241. The number of ether oxygens (including phenoxy) is 3. The third-order valence-corrected chi connectivity index (χ3v) is 4.72. The Labute approximate surface area is 178 Å². The molecule has 1 aliphatic rings. The largest absolute Gasteiger partial charge is 0.465 e. The van der Waals surface area contributed by atoms with Crippen LogP contribution in [0.15, 0.2) is 56.8 Å². The van der Waals surface area contributed by atoms with E-state index in [0.717, 1.165) is 0 Å². The van der Waals surface area contributed by atoms with E-state index in [-0.39, 0.29) is 23.4 Å². The fraction of sp³-hybridized carbons (Fsp3) is 0.211. The van der Waals surface area contributed by atoms with Crippen LogP contribution in [0.25, 0.3) is 0 Å². The molecular formula is C19H17Br2NO6. The Bertz CT molecular complexity index is 904. The summed E-state index contributed by atoms with van der Waals surface area (Å²) in [6.07, 6.45) is 6.16. The monoisotopic (exact) mass is 513 g/mol.